The van der Waals surface area contributed by atoms with Gasteiger partial charge in [-0.1, -0.05) is 30.3 Å². The van der Waals surface area contributed by atoms with Crippen LogP contribution < -0.4 is 10.6 Å². The molecule has 0 saturated heterocycles. The zero-order valence-corrected chi connectivity index (χ0v) is 12.0. The molecule has 2 heterocycles. The fraction of sp³-hybridized carbons (Fsp3) is 0.133. The van der Waals surface area contributed by atoms with Crippen LogP contribution in [0.15, 0.2) is 42.5 Å². The van der Waals surface area contributed by atoms with Crippen LogP contribution in [0.2, 0.25) is 0 Å². The molecule has 3 aromatic rings. The number of carbonyl (C=O) groups is 1. The van der Waals surface area contributed by atoms with Gasteiger partial charge in [-0.15, -0.1) is 5.10 Å². The van der Waals surface area contributed by atoms with Gasteiger partial charge in [0.2, 0.25) is 5.95 Å². The summed E-state index contributed by atoms with van der Waals surface area (Å²) in [5.74, 6) is -1.03. The molecule has 22 heavy (non-hydrogen) atoms. The average molecular weight is 297 g/mol. The van der Waals surface area contributed by atoms with Gasteiger partial charge in [0, 0.05) is 13.6 Å². The topological polar surface area (TPSA) is 96.8 Å². The van der Waals surface area contributed by atoms with Crippen molar-refractivity contribution in [2.75, 3.05) is 17.7 Å². The number of hydrogen-bond donors (Lipinski definition) is 2. The van der Waals surface area contributed by atoms with Crippen LogP contribution in [0.25, 0.3) is 5.65 Å². The number of hydrogen-bond acceptors (Lipinski definition) is 5. The van der Waals surface area contributed by atoms with Crippen LogP contribution in [0.3, 0.4) is 0 Å². The van der Waals surface area contributed by atoms with Gasteiger partial charge < -0.3 is 15.7 Å². The van der Waals surface area contributed by atoms with E-state index in [0.717, 1.165) is 11.3 Å². The van der Waals surface area contributed by atoms with Crippen molar-refractivity contribution in [2.45, 2.75) is 6.54 Å². The van der Waals surface area contributed by atoms with Gasteiger partial charge in [-0.3, -0.25) is 0 Å². The molecule has 0 atom stereocenters. The number of pyridine rings is 1. The summed E-state index contributed by atoms with van der Waals surface area (Å²) in [5.41, 5.74) is 7.98. The van der Waals surface area contributed by atoms with E-state index in [2.05, 4.69) is 10.1 Å². The van der Waals surface area contributed by atoms with Gasteiger partial charge in [0.05, 0.1) is 5.69 Å². The molecule has 7 heteroatoms. The molecule has 0 spiro atoms. The van der Waals surface area contributed by atoms with E-state index >= 15 is 0 Å². The monoisotopic (exact) mass is 297 g/mol. The zero-order chi connectivity index (χ0) is 15.7. The maximum Gasteiger partial charge on any atom is 0.354 e. The molecule has 7 nitrogen and oxygen atoms in total. The summed E-state index contributed by atoms with van der Waals surface area (Å²) < 4.78 is 1.26. The lowest BCUT2D eigenvalue weighted by Crippen LogP contribution is -2.18. The second kappa shape index (κ2) is 5.36. The molecule has 3 N–H and O–H groups in total. The maximum atomic E-state index is 11.3. The number of aromatic nitrogens is 3. The van der Waals surface area contributed by atoms with E-state index in [9.17, 15) is 9.90 Å². The number of carboxylic acids is 1. The Morgan fingerprint density at radius 2 is 2.00 bits per heavy atom. The quantitative estimate of drug-likeness (QED) is 0.760. The number of nitrogens with two attached hydrogens (primary N) is 1. The molecule has 0 unspecified atom stereocenters. The Hall–Kier alpha value is -3.09. The molecule has 3 rings (SSSR count). The number of benzene rings is 1. The number of nitrogens with zero attached hydrogens (tertiary/aromatic N) is 4. The van der Waals surface area contributed by atoms with Crippen molar-refractivity contribution in [1.82, 2.24) is 14.6 Å². The smallest absolute Gasteiger partial charge is 0.354 e. The lowest BCUT2D eigenvalue weighted by molar-refractivity contribution is 0.0687. The van der Waals surface area contributed by atoms with E-state index in [1.807, 2.05) is 42.3 Å². The second-order valence-corrected chi connectivity index (χ2v) is 4.96. The number of anilines is 2. The Morgan fingerprint density at radius 1 is 1.27 bits per heavy atom. The summed E-state index contributed by atoms with van der Waals surface area (Å²) in [4.78, 5) is 17.4. The summed E-state index contributed by atoms with van der Waals surface area (Å²) in [6.07, 6.45) is 0. The highest BCUT2D eigenvalue weighted by Crippen LogP contribution is 2.23. The van der Waals surface area contributed by atoms with Gasteiger partial charge in [0.15, 0.2) is 11.3 Å². The zero-order valence-electron chi connectivity index (χ0n) is 12.0. The van der Waals surface area contributed by atoms with Crippen molar-refractivity contribution in [2.24, 2.45) is 0 Å². The predicted octanol–water partition coefficient (Wildman–Crippen LogP) is 1.65. The van der Waals surface area contributed by atoms with Crippen LogP contribution in [0, 0.1) is 0 Å². The Bertz CT molecular complexity index is 829. The number of nitrogen functional groups attached to an aromatic ring is 1. The number of carboxylic acid groups (broad SMARTS) is 1. The van der Waals surface area contributed by atoms with Crippen molar-refractivity contribution in [1.29, 1.82) is 0 Å². The summed E-state index contributed by atoms with van der Waals surface area (Å²) >= 11 is 0. The third-order valence-corrected chi connectivity index (χ3v) is 3.37. The molecule has 1 aromatic carbocycles. The van der Waals surface area contributed by atoms with Crippen molar-refractivity contribution >= 4 is 23.3 Å². The van der Waals surface area contributed by atoms with Crippen molar-refractivity contribution in [3.8, 4) is 0 Å². The van der Waals surface area contributed by atoms with E-state index in [0.29, 0.717) is 12.2 Å². The molecule has 0 aliphatic heterocycles. The molecule has 0 aliphatic rings. The van der Waals surface area contributed by atoms with Crippen molar-refractivity contribution in [3.05, 3.63) is 53.7 Å². The Labute approximate surface area is 126 Å². The Balaban J connectivity index is 2.04. The van der Waals surface area contributed by atoms with Crippen LogP contribution in [0.1, 0.15) is 16.1 Å². The van der Waals surface area contributed by atoms with Gasteiger partial charge in [-0.2, -0.15) is 4.98 Å². The largest absolute Gasteiger partial charge is 0.477 e. The molecule has 0 fully saturated rings. The fourth-order valence-corrected chi connectivity index (χ4v) is 2.37. The lowest BCUT2D eigenvalue weighted by Gasteiger charge is -2.20. The first-order valence-corrected chi connectivity index (χ1v) is 6.70. The van der Waals surface area contributed by atoms with E-state index < -0.39 is 5.97 Å². The first-order chi connectivity index (χ1) is 10.6. The normalized spacial score (nSPS) is 10.8. The SMILES string of the molecule is CN(Cc1ccccc1)c1ccc(C(=O)O)n2nc(N)nc12. The first kappa shape index (κ1) is 13.9. The van der Waals surface area contributed by atoms with E-state index in [4.69, 9.17) is 5.73 Å². The third kappa shape index (κ3) is 2.44. The van der Waals surface area contributed by atoms with Crippen LogP contribution in [0.4, 0.5) is 11.6 Å². The molecule has 0 bridgehead atoms. The molecule has 0 amide bonds. The van der Waals surface area contributed by atoms with E-state index in [1.54, 1.807) is 6.07 Å². The minimum atomic E-state index is -1.08. The standard InChI is InChI=1S/C15H15N5O2/c1-19(9-10-5-3-2-4-6-10)11-7-8-12(14(21)22)20-13(11)17-15(16)18-20/h2-8H,9H2,1H3,(H2,16,18)(H,21,22). The maximum absolute atomic E-state index is 11.3. The number of aromatic carboxylic acids is 1. The average Bonchev–Trinajstić information content (AvgIpc) is 2.87. The highest BCUT2D eigenvalue weighted by Gasteiger charge is 2.17. The fourth-order valence-electron chi connectivity index (χ4n) is 2.37. The lowest BCUT2D eigenvalue weighted by atomic mass is 10.2. The first-order valence-electron chi connectivity index (χ1n) is 6.70. The van der Waals surface area contributed by atoms with Gasteiger partial charge in [-0.25, -0.2) is 9.31 Å². The van der Waals surface area contributed by atoms with E-state index in [-0.39, 0.29) is 11.6 Å². The predicted molar refractivity (Wildman–Crippen MR) is 82.9 cm³/mol. The minimum Gasteiger partial charge on any atom is -0.477 e. The molecule has 0 saturated carbocycles. The number of fused-ring (bicyclic) bond motifs is 1. The Kier molecular flexibility index (Phi) is 3.38. The number of rotatable bonds is 4. The van der Waals surface area contributed by atoms with Crippen LogP contribution in [0.5, 0.6) is 0 Å². The third-order valence-electron chi connectivity index (χ3n) is 3.37. The van der Waals surface area contributed by atoms with E-state index in [1.165, 1.54) is 10.6 Å². The summed E-state index contributed by atoms with van der Waals surface area (Å²) in [6.45, 7) is 0.662. The molecule has 0 aliphatic carbocycles. The molecule has 112 valence electrons. The van der Waals surface area contributed by atoms with Gasteiger partial charge >= 0.3 is 5.97 Å². The molecule has 2 aromatic heterocycles. The van der Waals surface area contributed by atoms with Gasteiger partial charge in [0.25, 0.3) is 0 Å². The Morgan fingerprint density at radius 3 is 2.68 bits per heavy atom. The van der Waals surface area contributed by atoms with Crippen LogP contribution in [-0.4, -0.2) is 32.7 Å². The highest BCUT2D eigenvalue weighted by molar-refractivity contribution is 5.88. The van der Waals surface area contributed by atoms with Crippen molar-refractivity contribution in [3.63, 3.8) is 0 Å². The summed E-state index contributed by atoms with van der Waals surface area (Å²) in [5, 5.41) is 13.2. The molecular formula is C15H15N5O2. The van der Waals surface area contributed by atoms with Gasteiger partial charge in [-0.05, 0) is 17.7 Å². The highest BCUT2D eigenvalue weighted by atomic mass is 16.4. The van der Waals surface area contributed by atoms with Crippen LogP contribution in [-0.2, 0) is 6.54 Å². The second-order valence-electron chi connectivity index (χ2n) is 4.96. The minimum absolute atomic E-state index is 0.0241. The van der Waals surface area contributed by atoms with Crippen LogP contribution >= 0.6 is 0 Å². The molecule has 0 radical (unpaired) electrons. The van der Waals surface area contributed by atoms with Crippen molar-refractivity contribution < 1.29 is 9.90 Å². The summed E-state index contributed by atoms with van der Waals surface area (Å²) in [6, 6.07) is 13.2. The van der Waals surface area contributed by atoms with Gasteiger partial charge in [0.1, 0.15) is 0 Å². The molecular weight excluding hydrogens is 282 g/mol. The summed E-state index contributed by atoms with van der Waals surface area (Å²) in [7, 11) is 1.91.